The third-order valence-corrected chi connectivity index (χ3v) is 3.23. The highest BCUT2D eigenvalue weighted by Crippen LogP contribution is 2.15. The molecule has 1 aromatic carbocycles. The minimum absolute atomic E-state index is 0.0520. The molecule has 17 heavy (non-hydrogen) atoms. The number of carbonyl (C=O) groups is 1. The van der Waals surface area contributed by atoms with E-state index >= 15 is 0 Å². The van der Waals surface area contributed by atoms with Gasteiger partial charge in [-0.3, -0.25) is 4.79 Å². The summed E-state index contributed by atoms with van der Waals surface area (Å²) in [7, 11) is 0. The molecule has 3 atom stereocenters. The van der Waals surface area contributed by atoms with E-state index in [0.29, 0.717) is 0 Å². The maximum Gasteiger partial charge on any atom is 0.307 e. The van der Waals surface area contributed by atoms with Gasteiger partial charge in [0, 0.05) is 12.1 Å². The van der Waals surface area contributed by atoms with E-state index in [1.165, 1.54) is 11.1 Å². The molecule has 3 unspecified atom stereocenters. The van der Waals surface area contributed by atoms with Gasteiger partial charge < -0.3 is 10.4 Å². The molecule has 0 amide bonds. The molecule has 0 saturated heterocycles. The van der Waals surface area contributed by atoms with Crippen LogP contribution in [-0.4, -0.2) is 17.1 Å². The van der Waals surface area contributed by atoms with Gasteiger partial charge in [-0.05, 0) is 26.3 Å². The summed E-state index contributed by atoms with van der Waals surface area (Å²) in [4.78, 5) is 10.9. The molecule has 2 N–H and O–H groups in total. The second kappa shape index (κ2) is 5.82. The molecule has 0 aromatic heterocycles. The fourth-order valence-electron chi connectivity index (χ4n) is 1.70. The van der Waals surface area contributed by atoms with Gasteiger partial charge in [-0.1, -0.05) is 36.8 Å². The van der Waals surface area contributed by atoms with Crippen LogP contribution in [0, 0.1) is 12.8 Å². The summed E-state index contributed by atoms with van der Waals surface area (Å²) >= 11 is 0. The molecule has 0 bridgehead atoms. The Morgan fingerprint density at radius 1 is 1.18 bits per heavy atom. The molecule has 3 heteroatoms. The van der Waals surface area contributed by atoms with Crippen LogP contribution in [0.25, 0.3) is 0 Å². The van der Waals surface area contributed by atoms with Crippen molar-refractivity contribution in [1.82, 2.24) is 5.32 Å². The van der Waals surface area contributed by atoms with Crippen molar-refractivity contribution >= 4 is 5.97 Å². The van der Waals surface area contributed by atoms with Crippen molar-refractivity contribution in [3.05, 3.63) is 35.4 Å². The van der Waals surface area contributed by atoms with E-state index in [2.05, 4.69) is 43.4 Å². The van der Waals surface area contributed by atoms with Crippen LogP contribution in [0.4, 0.5) is 0 Å². The van der Waals surface area contributed by atoms with Crippen LogP contribution in [0.3, 0.4) is 0 Å². The molecule has 0 saturated carbocycles. The number of hydrogen-bond acceptors (Lipinski definition) is 2. The van der Waals surface area contributed by atoms with Crippen LogP contribution < -0.4 is 5.32 Å². The standard InChI is InChI=1S/C14H21NO2/c1-9-5-7-13(8-6-9)12(4)15-11(3)10(2)14(16)17/h5-8,10-12,15H,1-4H3,(H,16,17). The Labute approximate surface area is 103 Å². The van der Waals surface area contributed by atoms with E-state index in [9.17, 15) is 4.79 Å². The first kappa shape index (κ1) is 13.7. The zero-order chi connectivity index (χ0) is 13.0. The number of aryl methyl sites for hydroxylation is 1. The minimum Gasteiger partial charge on any atom is -0.481 e. The molecule has 1 aromatic rings. The fraction of sp³-hybridized carbons (Fsp3) is 0.500. The minimum atomic E-state index is -0.763. The normalized spacial score (nSPS) is 16.2. The van der Waals surface area contributed by atoms with Gasteiger partial charge in [0.05, 0.1) is 5.92 Å². The van der Waals surface area contributed by atoms with Crippen LogP contribution in [0.2, 0.25) is 0 Å². The average molecular weight is 235 g/mol. The Morgan fingerprint density at radius 3 is 2.18 bits per heavy atom. The quantitative estimate of drug-likeness (QED) is 0.825. The van der Waals surface area contributed by atoms with Crippen LogP contribution in [0.15, 0.2) is 24.3 Å². The number of rotatable bonds is 5. The molecular formula is C14H21NO2. The third-order valence-electron chi connectivity index (χ3n) is 3.23. The van der Waals surface area contributed by atoms with E-state index in [-0.39, 0.29) is 18.0 Å². The molecule has 0 spiro atoms. The second-order valence-corrected chi connectivity index (χ2v) is 4.71. The molecule has 1 rings (SSSR count). The van der Waals surface area contributed by atoms with E-state index in [1.54, 1.807) is 6.92 Å². The van der Waals surface area contributed by atoms with Crippen molar-refractivity contribution in [2.75, 3.05) is 0 Å². The number of carboxylic acids is 1. The number of benzene rings is 1. The summed E-state index contributed by atoms with van der Waals surface area (Å²) < 4.78 is 0. The summed E-state index contributed by atoms with van der Waals surface area (Å²) in [5, 5.41) is 12.2. The molecule has 0 heterocycles. The Hall–Kier alpha value is -1.35. The van der Waals surface area contributed by atoms with Gasteiger partial charge >= 0.3 is 5.97 Å². The Balaban J connectivity index is 2.63. The maximum absolute atomic E-state index is 10.9. The van der Waals surface area contributed by atoms with E-state index in [0.717, 1.165) is 0 Å². The zero-order valence-corrected chi connectivity index (χ0v) is 10.9. The second-order valence-electron chi connectivity index (χ2n) is 4.71. The number of nitrogens with one attached hydrogen (secondary N) is 1. The Morgan fingerprint density at radius 2 is 1.71 bits per heavy atom. The summed E-state index contributed by atoms with van der Waals surface area (Å²) in [5.74, 6) is -1.15. The highest BCUT2D eigenvalue weighted by molar-refractivity contribution is 5.70. The SMILES string of the molecule is Cc1ccc(C(C)NC(C)C(C)C(=O)O)cc1. The predicted octanol–water partition coefficient (Wildman–Crippen LogP) is 2.75. The molecule has 0 radical (unpaired) electrons. The summed E-state index contributed by atoms with van der Waals surface area (Å²) in [5.41, 5.74) is 2.41. The molecule has 0 aliphatic heterocycles. The average Bonchev–Trinajstić information content (AvgIpc) is 2.28. The van der Waals surface area contributed by atoms with Crippen LogP contribution in [0.5, 0.6) is 0 Å². The van der Waals surface area contributed by atoms with Crippen molar-refractivity contribution in [2.24, 2.45) is 5.92 Å². The molecule has 3 nitrogen and oxygen atoms in total. The molecule has 0 fully saturated rings. The summed E-state index contributed by atoms with van der Waals surface area (Å²) in [6.07, 6.45) is 0. The van der Waals surface area contributed by atoms with Gasteiger partial charge in [-0.15, -0.1) is 0 Å². The van der Waals surface area contributed by atoms with Crippen molar-refractivity contribution in [2.45, 2.75) is 39.8 Å². The molecule has 0 aliphatic carbocycles. The van der Waals surface area contributed by atoms with E-state index < -0.39 is 5.97 Å². The molecule has 94 valence electrons. The Bertz CT molecular complexity index is 372. The first-order chi connectivity index (χ1) is 7.91. The van der Waals surface area contributed by atoms with Crippen LogP contribution in [-0.2, 0) is 4.79 Å². The van der Waals surface area contributed by atoms with Gasteiger partial charge in [0.15, 0.2) is 0 Å². The van der Waals surface area contributed by atoms with Gasteiger partial charge in [0.2, 0.25) is 0 Å². The first-order valence-corrected chi connectivity index (χ1v) is 5.97. The molecular weight excluding hydrogens is 214 g/mol. The lowest BCUT2D eigenvalue weighted by atomic mass is 10.0. The fourth-order valence-corrected chi connectivity index (χ4v) is 1.70. The molecule has 0 aliphatic rings. The monoisotopic (exact) mass is 235 g/mol. The highest BCUT2D eigenvalue weighted by atomic mass is 16.4. The third kappa shape index (κ3) is 3.86. The van der Waals surface area contributed by atoms with Gasteiger partial charge in [0.25, 0.3) is 0 Å². The van der Waals surface area contributed by atoms with Gasteiger partial charge in [-0.2, -0.15) is 0 Å². The maximum atomic E-state index is 10.9. The van der Waals surface area contributed by atoms with Crippen molar-refractivity contribution < 1.29 is 9.90 Å². The lowest BCUT2D eigenvalue weighted by Gasteiger charge is -2.23. The first-order valence-electron chi connectivity index (χ1n) is 5.97. The van der Waals surface area contributed by atoms with E-state index in [1.807, 2.05) is 6.92 Å². The highest BCUT2D eigenvalue weighted by Gasteiger charge is 2.20. The number of aliphatic carboxylic acids is 1. The summed E-state index contributed by atoms with van der Waals surface area (Å²) in [6, 6.07) is 8.39. The predicted molar refractivity (Wildman–Crippen MR) is 69.0 cm³/mol. The van der Waals surface area contributed by atoms with Crippen molar-refractivity contribution in [3.8, 4) is 0 Å². The van der Waals surface area contributed by atoms with Crippen molar-refractivity contribution in [1.29, 1.82) is 0 Å². The smallest absolute Gasteiger partial charge is 0.307 e. The van der Waals surface area contributed by atoms with Crippen LogP contribution in [0.1, 0.15) is 37.9 Å². The zero-order valence-electron chi connectivity index (χ0n) is 10.9. The van der Waals surface area contributed by atoms with Gasteiger partial charge in [0.1, 0.15) is 0 Å². The van der Waals surface area contributed by atoms with Crippen molar-refractivity contribution in [3.63, 3.8) is 0 Å². The number of carboxylic acid groups (broad SMARTS) is 1. The number of hydrogen-bond donors (Lipinski definition) is 2. The van der Waals surface area contributed by atoms with Crippen LogP contribution >= 0.6 is 0 Å². The summed E-state index contributed by atoms with van der Waals surface area (Å²) in [6.45, 7) is 7.73. The van der Waals surface area contributed by atoms with E-state index in [4.69, 9.17) is 5.11 Å². The largest absolute Gasteiger partial charge is 0.481 e. The topological polar surface area (TPSA) is 49.3 Å². The lowest BCUT2D eigenvalue weighted by molar-refractivity contribution is -0.142. The lowest BCUT2D eigenvalue weighted by Crippen LogP contribution is -2.37. The van der Waals surface area contributed by atoms with Gasteiger partial charge in [-0.25, -0.2) is 0 Å². The Kier molecular flexibility index (Phi) is 4.70.